The van der Waals surface area contributed by atoms with E-state index < -0.39 is 0 Å². The van der Waals surface area contributed by atoms with Crippen molar-refractivity contribution in [3.63, 3.8) is 0 Å². The summed E-state index contributed by atoms with van der Waals surface area (Å²) in [5.74, 6) is 0. The van der Waals surface area contributed by atoms with Crippen molar-refractivity contribution >= 4 is 32.9 Å². The molecule has 2 radical (unpaired) electrons. The molecule has 9 heavy (non-hydrogen) atoms. The van der Waals surface area contributed by atoms with Crippen LogP contribution in [0.15, 0.2) is 0 Å². The van der Waals surface area contributed by atoms with Crippen LogP contribution in [0, 0.1) is 0 Å². The van der Waals surface area contributed by atoms with E-state index in [4.69, 9.17) is 5.73 Å². The zero-order chi connectivity index (χ0) is 6.95. The average Bonchev–Trinajstić information content (AvgIpc) is 1.89. The standard InChI is InChI=1S/C4H10N.C2H5S.Sn/c1-2-3-4-5;1-3-2;/h1-5H2;1H2,2H3;. The van der Waals surface area contributed by atoms with Crippen LogP contribution < -0.4 is 5.73 Å². The summed E-state index contributed by atoms with van der Waals surface area (Å²) in [4.78, 5) is 0. The van der Waals surface area contributed by atoms with Crippen LogP contribution in [0.25, 0.3) is 0 Å². The van der Waals surface area contributed by atoms with E-state index in [1.54, 1.807) is 0 Å². The molecular formula is C6H15NSSn. The Balaban J connectivity index is 2.60. The van der Waals surface area contributed by atoms with Crippen LogP contribution in [-0.4, -0.2) is 37.7 Å². The summed E-state index contributed by atoms with van der Waals surface area (Å²) in [6.45, 7) is 0.888. The molecule has 0 aliphatic rings. The zero-order valence-corrected chi connectivity index (χ0v) is 9.69. The molecule has 0 amide bonds. The van der Waals surface area contributed by atoms with Crippen LogP contribution in [0.2, 0.25) is 4.44 Å². The van der Waals surface area contributed by atoms with Gasteiger partial charge >= 0.3 is 72.5 Å². The first-order chi connectivity index (χ1) is 4.41. The van der Waals surface area contributed by atoms with Gasteiger partial charge in [-0.25, -0.2) is 0 Å². The van der Waals surface area contributed by atoms with E-state index in [0.29, 0.717) is 0 Å². The van der Waals surface area contributed by atoms with Gasteiger partial charge in [0.25, 0.3) is 0 Å². The van der Waals surface area contributed by atoms with Gasteiger partial charge in [0.1, 0.15) is 0 Å². The zero-order valence-electron chi connectivity index (χ0n) is 6.02. The van der Waals surface area contributed by atoms with Gasteiger partial charge in [0.15, 0.2) is 0 Å². The fourth-order valence-electron chi connectivity index (χ4n) is 0.569. The third-order valence-corrected chi connectivity index (χ3v) is 7.78. The minimum absolute atomic E-state index is 0.0601. The summed E-state index contributed by atoms with van der Waals surface area (Å²) in [7, 11) is 0. The molecule has 0 heterocycles. The van der Waals surface area contributed by atoms with Crippen molar-refractivity contribution in [3.8, 4) is 0 Å². The van der Waals surface area contributed by atoms with Crippen molar-refractivity contribution < 1.29 is 0 Å². The molecule has 0 unspecified atom stereocenters. The van der Waals surface area contributed by atoms with Crippen molar-refractivity contribution in [1.29, 1.82) is 0 Å². The fourth-order valence-corrected chi connectivity index (χ4v) is 5.33. The van der Waals surface area contributed by atoms with Crippen molar-refractivity contribution in [2.24, 2.45) is 5.73 Å². The number of rotatable bonds is 6. The molecule has 0 spiro atoms. The summed E-state index contributed by atoms with van der Waals surface area (Å²) < 4.78 is 3.01. The Labute approximate surface area is 72.4 Å². The molecule has 0 aromatic heterocycles. The third kappa shape index (κ3) is 9.11. The van der Waals surface area contributed by atoms with Gasteiger partial charge in [-0.15, -0.1) is 0 Å². The van der Waals surface area contributed by atoms with Gasteiger partial charge in [-0.2, -0.15) is 0 Å². The molecule has 0 saturated carbocycles. The topological polar surface area (TPSA) is 26.0 Å². The molecular weight excluding hydrogens is 237 g/mol. The van der Waals surface area contributed by atoms with Gasteiger partial charge in [0.05, 0.1) is 0 Å². The molecule has 0 rings (SSSR count). The van der Waals surface area contributed by atoms with Gasteiger partial charge in [-0.1, -0.05) is 0 Å². The van der Waals surface area contributed by atoms with E-state index in [1.807, 2.05) is 11.8 Å². The van der Waals surface area contributed by atoms with E-state index >= 15 is 0 Å². The number of hydrogen-bond acceptors (Lipinski definition) is 2. The van der Waals surface area contributed by atoms with Gasteiger partial charge in [0, 0.05) is 0 Å². The summed E-state index contributed by atoms with van der Waals surface area (Å²) >= 11 is 2.06. The minimum atomic E-state index is 0.0601. The van der Waals surface area contributed by atoms with Gasteiger partial charge in [0.2, 0.25) is 0 Å². The Morgan fingerprint density at radius 1 is 1.44 bits per heavy atom. The van der Waals surface area contributed by atoms with Crippen molar-refractivity contribution in [2.75, 3.05) is 16.6 Å². The Bertz CT molecular complexity index is 46.3. The first kappa shape index (κ1) is 10.1. The monoisotopic (exact) mass is 253 g/mol. The van der Waals surface area contributed by atoms with Crippen LogP contribution in [0.5, 0.6) is 0 Å². The molecule has 0 bridgehead atoms. The van der Waals surface area contributed by atoms with Crippen LogP contribution >= 0.6 is 11.8 Å². The summed E-state index contributed by atoms with van der Waals surface area (Å²) in [6, 6.07) is 0. The Hall–Kier alpha value is 1.11. The van der Waals surface area contributed by atoms with Crippen molar-refractivity contribution in [2.45, 2.75) is 17.3 Å². The predicted molar refractivity (Wildman–Crippen MR) is 47.2 cm³/mol. The molecule has 0 aliphatic heterocycles. The van der Waals surface area contributed by atoms with Crippen molar-refractivity contribution in [1.82, 2.24) is 0 Å². The molecule has 0 saturated heterocycles. The maximum absolute atomic E-state index is 5.36. The summed E-state index contributed by atoms with van der Waals surface area (Å²) in [5, 5.41) is 0. The summed E-state index contributed by atoms with van der Waals surface area (Å²) in [6.07, 6.45) is 4.84. The van der Waals surface area contributed by atoms with E-state index in [0.717, 1.165) is 6.54 Å². The fraction of sp³-hybridized carbons (Fsp3) is 1.00. The van der Waals surface area contributed by atoms with E-state index in [-0.39, 0.29) is 21.1 Å². The molecule has 0 fully saturated rings. The molecule has 0 aliphatic carbocycles. The van der Waals surface area contributed by atoms with Gasteiger partial charge in [-0.3, -0.25) is 0 Å². The second kappa shape index (κ2) is 9.11. The molecule has 0 aromatic carbocycles. The number of unbranched alkanes of at least 4 members (excludes halogenated alkanes) is 1. The van der Waals surface area contributed by atoms with Crippen LogP contribution in [0.4, 0.5) is 0 Å². The van der Waals surface area contributed by atoms with E-state index in [9.17, 15) is 0 Å². The second-order valence-electron chi connectivity index (χ2n) is 1.93. The average molecular weight is 252 g/mol. The van der Waals surface area contributed by atoms with Gasteiger partial charge in [-0.05, 0) is 0 Å². The van der Waals surface area contributed by atoms with E-state index in [1.165, 1.54) is 21.0 Å². The number of thioether (sulfide) groups is 1. The predicted octanol–water partition coefficient (Wildman–Crippen LogP) is 1.17. The van der Waals surface area contributed by atoms with Crippen molar-refractivity contribution in [3.05, 3.63) is 0 Å². The molecule has 54 valence electrons. The van der Waals surface area contributed by atoms with Gasteiger partial charge < -0.3 is 0 Å². The second-order valence-corrected chi connectivity index (χ2v) is 8.12. The third-order valence-electron chi connectivity index (χ3n) is 1.05. The Morgan fingerprint density at radius 2 is 2.22 bits per heavy atom. The summed E-state index contributed by atoms with van der Waals surface area (Å²) in [5.41, 5.74) is 5.36. The molecule has 1 nitrogen and oxygen atoms in total. The van der Waals surface area contributed by atoms with Crippen LogP contribution in [0.3, 0.4) is 0 Å². The van der Waals surface area contributed by atoms with Crippen LogP contribution in [0.1, 0.15) is 12.8 Å². The SMILES string of the molecule is CS[CH2][Sn][CH2]CCCN. The first-order valence-corrected chi connectivity index (χ1v) is 8.74. The number of nitrogens with two attached hydrogens (primary N) is 1. The maximum atomic E-state index is 5.36. The van der Waals surface area contributed by atoms with E-state index in [2.05, 4.69) is 6.26 Å². The normalized spacial score (nSPS) is 10.0. The Kier molecular flexibility index (Phi) is 10.2. The Morgan fingerprint density at radius 3 is 2.78 bits per heavy atom. The molecule has 0 aromatic rings. The number of hydrogen-bond donors (Lipinski definition) is 1. The quantitative estimate of drug-likeness (QED) is 0.567. The first-order valence-electron chi connectivity index (χ1n) is 3.31. The molecule has 0 atom stereocenters. The molecule has 2 N–H and O–H groups in total. The molecule has 3 heteroatoms. The van der Waals surface area contributed by atoms with Crippen LogP contribution in [-0.2, 0) is 0 Å².